The molecule has 2 aromatic carbocycles. The summed E-state index contributed by atoms with van der Waals surface area (Å²) in [4.78, 5) is 17.7. The van der Waals surface area contributed by atoms with Gasteiger partial charge in [-0.2, -0.15) is 0 Å². The molecule has 5 heteroatoms. The Bertz CT molecular complexity index is 718. The normalized spacial score (nSPS) is 17.0. The second-order valence-corrected chi connectivity index (χ2v) is 7.25. The zero-order valence-corrected chi connectivity index (χ0v) is 14.7. The molecule has 1 aliphatic rings. The van der Waals surface area contributed by atoms with Crippen LogP contribution < -0.4 is 4.90 Å². The zero-order valence-electron chi connectivity index (χ0n) is 13.9. The molecule has 24 heavy (non-hydrogen) atoms. The van der Waals surface area contributed by atoms with Crippen molar-refractivity contribution >= 4 is 23.4 Å². The number of likely N-dealkylation sites (N-methyl/N-ethyl adjacent to an activating group) is 1. The number of para-hydroxylation sites is 1. The summed E-state index contributed by atoms with van der Waals surface area (Å²) in [5.41, 5.74) is 2.22. The van der Waals surface area contributed by atoms with Gasteiger partial charge in [-0.1, -0.05) is 18.2 Å². The number of rotatable bonds is 4. The molecule has 0 aliphatic carbocycles. The molecule has 3 rings (SSSR count). The number of carbonyl (C=O) groups excluding carboxylic acids is 1. The summed E-state index contributed by atoms with van der Waals surface area (Å²) in [5, 5.41) is 0. The smallest absolute Gasteiger partial charge is 0.237 e. The number of fused-ring (bicyclic) bond motifs is 1. The Morgan fingerprint density at radius 1 is 1.21 bits per heavy atom. The lowest BCUT2D eigenvalue weighted by Gasteiger charge is -2.37. The Hall–Kier alpha value is -1.85. The summed E-state index contributed by atoms with van der Waals surface area (Å²) >= 11 is 1.44. The maximum absolute atomic E-state index is 13.0. The third-order valence-electron chi connectivity index (χ3n) is 4.34. The minimum atomic E-state index is -0.260. The molecule has 0 saturated carbocycles. The molecule has 1 aliphatic heterocycles. The number of thioether (sulfide) groups is 1. The average Bonchev–Trinajstić information content (AvgIpc) is 2.60. The number of benzene rings is 2. The van der Waals surface area contributed by atoms with Crippen molar-refractivity contribution in [1.82, 2.24) is 4.90 Å². The average molecular weight is 344 g/mol. The Labute approximate surface area is 146 Å². The molecule has 0 bridgehead atoms. The molecule has 2 aromatic rings. The van der Waals surface area contributed by atoms with E-state index in [9.17, 15) is 9.18 Å². The largest absolute Gasteiger partial charge is 0.310 e. The van der Waals surface area contributed by atoms with Crippen molar-refractivity contribution in [2.45, 2.75) is 17.4 Å². The van der Waals surface area contributed by atoms with Gasteiger partial charge in [0.1, 0.15) is 5.82 Å². The van der Waals surface area contributed by atoms with Gasteiger partial charge in [0, 0.05) is 23.2 Å². The van der Waals surface area contributed by atoms with Crippen molar-refractivity contribution in [2.24, 2.45) is 0 Å². The molecule has 0 spiro atoms. The summed E-state index contributed by atoms with van der Waals surface area (Å²) in [7, 11) is 4.10. The summed E-state index contributed by atoms with van der Waals surface area (Å²) in [6.07, 6.45) is 0.956. The van der Waals surface area contributed by atoms with Crippen LogP contribution in [0.1, 0.15) is 5.56 Å². The number of nitrogens with zero attached hydrogens (tertiary/aromatic N) is 2. The van der Waals surface area contributed by atoms with E-state index in [1.165, 1.54) is 29.5 Å². The highest BCUT2D eigenvalue weighted by atomic mass is 32.2. The zero-order chi connectivity index (χ0) is 17.1. The number of halogens is 1. The minimum Gasteiger partial charge on any atom is -0.310 e. The fourth-order valence-corrected chi connectivity index (χ4v) is 3.68. The molecule has 1 heterocycles. The van der Waals surface area contributed by atoms with Crippen LogP contribution in [0, 0.1) is 5.82 Å². The first kappa shape index (κ1) is 17.0. The van der Waals surface area contributed by atoms with E-state index >= 15 is 0 Å². The third-order valence-corrected chi connectivity index (χ3v) is 5.34. The number of anilines is 1. The Kier molecular flexibility index (Phi) is 5.21. The minimum absolute atomic E-state index is 0.0864. The van der Waals surface area contributed by atoms with Gasteiger partial charge in [-0.15, -0.1) is 11.8 Å². The fourth-order valence-electron chi connectivity index (χ4n) is 2.91. The van der Waals surface area contributed by atoms with Gasteiger partial charge in [0.15, 0.2) is 0 Å². The van der Waals surface area contributed by atoms with Gasteiger partial charge in [0.25, 0.3) is 0 Å². The molecule has 0 radical (unpaired) electrons. The first-order chi connectivity index (χ1) is 11.5. The van der Waals surface area contributed by atoms with E-state index < -0.39 is 0 Å². The van der Waals surface area contributed by atoms with E-state index in [0.29, 0.717) is 18.3 Å². The van der Waals surface area contributed by atoms with Gasteiger partial charge in [-0.05, 0) is 56.4 Å². The monoisotopic (exact) mass is 344 g/mol. The highest BCUT2D eigenvalue weighted by Crippen LogP contribution is 2.29. The number of carbonyl (C=O) groups is 1. The van der Waals surface area contributed by atoms with Crippen LogP contribution in [-0.4, -0.2) is 43.2 Å². The fraction of sp³-hybridized carbons (Fsp3) is 0.316. The van der Waals surface area contributed by atoms with Crippen LogP contribution in [0.15, 0.2) is 53.4 Å². The molecule has 1 amide bonds. The quantitative estimate of drug-likeness (QED) is 0.794. The molecule has 0 aromatic heterocycles. The van der Waals surface area contributed by atoms with Gasteiger partial charge in [0.05, 0.1) is 5.75 Å². The number of hydrogen-bond donors (Lipinski definition) is 0. The van der Waals surface area contributed by atoms with E-state index in [-0.39, 0.29) is 11.7 Å². The van der Waals surface area contributed by atoms with E-state index in [2.05, 4.69) is 25.1 Å². The highest BCUT2D eigenvalue weighted by molar-refractivity contribution is 8.00. The van der Waals surface area contributed by atoms with E-state index in [1.807, 2.05) is 23.1 Å². The van der Waals surface area contributed by atoms with Crippen LogP contribution >= 0.6 is 11.8 Å². The molecular weight excluding hydrogens is 323 g/mol. The molecule has 3 nitrogen and oxygen atoms in total. The van der Waals surface area contributed by atoms with Gasteiger partial charge in [0.2, 0.25) is 5.91 Å². The molecule has 1 atom stereocenters. The van der Waals surface area contributed by atoms with Crippen LogP contribution in [-0.2, 0) is 11.2 Å². The second kappa shape index (κ2) is 7.36. The number of amides is 1. The first-order valence-corrected chi connectivity index (χ1v) is 8.96. The van der Waals surface area contributed by atoms with Crippen molar-refractivity contribution in [3.8, 4) is 0 Å². The van der Waals surface area contributed by atoms with E-state index in [0.717, 1.165) is 17.0 Å². The van der Waals surface area contributed by atoms with Crippen LogP contribution in [0.5, 0.6) is 0 Å². The van der Waals surface area contributed by atoms with Gasteiger partial charge >= 0.3 is 0 Å². The van der Waals surface area contributed by atoms with Gasteiger partial charge in [-0.3, -0.25) is 4.79 Å². The lowest BCUT2D eigenvalue weighted by molar-refractivity contribution is -0.116. The SMILES string of the molecule is CN(C)C1Cc2ccccc2N(C(=O)CSc2ccc(F)cc2)C1. The van der Waals surface area contributed by atoms with Crippen LogP contribution in [0.25, 0.3) is 0 Å². The summed E-state index contributed by atoms with van der Waals surface area (Å²) in [5.74, 6) is 0.174. The molecule has 0 fully saturated rings. The molecule has 0 N–H and O–H groups in total. The van der Waals surface area contributed by atoms with Crippen molar-refractivity contribution in [3.05, 3.63) is 59.9 Å². The highest BCUT2D eigenvalue weighted by Gasteiger charge is 2.29. The van der Waals surface area contributed by atoms with E-state index in [1.54, 1.807) is 12.1 Å². The van der Waals surface area contributed by atoms with Crippen molar-refractivity contribution in [2.75, 3.05) is 31.3 Å². The predicted octanol–water partition coefficient (Wildman–Crippen LogP) is 3.44. The summed E-state index contributed by atoms with van der Waals surface area (Å²) in [6, 6.07) is 14.7. The molecule has 1 unspecified atom stereocenters. The topological polar surface area (TPSA) is 23.6 Å². The van der Waals surface area contributed by atoms with Crippen molar-refractivity contribution < 1.29 is 9.18 Å². The summed E-state index contributed by atoms with van der Waals surface area (Å²) in [6.45, 7) is 0.701. The molecule has 126 valence electrons. The predicted molar refractivity (Wildman–Crippen MR) is 97.1 cm³/mol. The van der Waals surface area contributed by atoms with Crippen LogP contribution in [0.2, 0.25) is 0 Å². The molecular formula is C19H21FN2OS. The van der Waals surface area contributed by atoms with E-state index in [4.69, 9.17) is 0 Å². The van der Waals surface area contributed by atoms with Crippen LogP contribution in [0.4, 0.5) is 10.1 Å². The van der Waals surface area contributed by atoms with Crippen molar-refractivity contribution in [1.29, 1.82) is 0 Å². The van der Waals surface area contributed by atoms with Crippen molar-refractivity contribution in [3.63, 3.8) is 0 Å². The Balaban J connectivity index is 1.74. The first-order valence-electron chi connectivity index (χ1n) is 7.97. The maximum atomic E-state index is 13.0. The third kappa shape index (κ3) is 3.79. The molecule has 0 saturated heterocycles. The number of hydrogen-bond acceptors (Lipinski definition) is 3. The standard InChI is InChI=1S/C19H21FN2OS/c1-21(2)16-11-14-5-3-4-6-18(14)22(12-16)19(23)13-24-17-9-7-15(20)8-10-17/h3-10,16H,11-13H2,1-2H3. The lowest BCUT2D eigenvalue weighted by atomic mass is 9.97. The maximum Gasteiger partial charge on any atom is 0.237 e. The van der Waals surface area contributed by atoms with Gasteiger partial charge < -0.3 is 9.80 Å². The van der Waals surface area contributed by atoms with Crippen LogP contribution in [0.3, 0.4) is 0 Å². The van der Waals surface area contributed by atoms with Gasteiger partial charge in [-0.25, -0.2) is 4.39 Å². The summed E-state index contributed by atoms with van der Waals surface area (Å²) < 4.78 is 13.0. The second-order valence-electron chi connectivity index (χ2n) is 6.20. The lowest BCUT2D eigenvalue weighted by Crippen LogP contribution is -2.48. The Morgan fingerprint density at radius 3 is 2.62 bits per heavy atom. The Morgan fingerprint density at radius 2 is 1.92 bits per heavy atom.